The summed E-state index contributed by atoms with van der Waals surface area (Å²) in [7, 11) is 0. The van der Waals surface area contributed by atoms with Crippen LogP contribution in [0.15, 0.2) is 63.7 Å². The number of aromatic nitrogens is 2. The van der Waals surface area contributed by atoms with Crippen LogP contribution in [0.25, 0.3) is 0 Å². The van der Waals surface area contributed by atoms with Crippen LogP contribution in [-0.2, 0) is 0 Å². The zero-order chi connectivity index (χ0) is 15.4. The Morgan fingerprint density at radius 2 is 1.73 bits per heavy atom. The molecule has 0 aliphatic heterocycles. The number of halogens is 1. The third-order valence-corrected chi connectivity index (χ3v) is 3.30. The van der Waals surface area contributed by atoms with Gasteiger partial charge < -0.3 is 15.1 Å². The highest BCUT2D eigenvalue weighted by atomic mass is 79.9. The SMILES string of the molecule is O=C(Nc1ccc(Nc2ccc(Br)cc2)nn1)c1ccco1. The van der Waals surface area contributed by atoms with Crippen molar-refractivity contribution in [1.29, 1.82) is 0 Å². The minimum Gasteiger partial charge on any atom is -0.459 e. The van der Waals surface area contributed by atoms with Crippen LogP contribution in [-0.4, -0.2) is 16.1 Å². The molecule has 0 bridgehead atoms. The lowest BCUT2D eigenvalue weighted by Gasteiger charge is -2.06. The molecule has 6 nitrogen and oxygen atoms in total. The molecule has 0 atom stereocenters. The molecule has 0 aliphatic rings. The summed E-state index contributed by atoms with van der Waals surface area (Å²) in [6.45, 7) is 0. The van der Waals surface area contributed by atoms with Crippen molar-refractivity contribution in [2.24, 2.45) is 0 Å². The van der Waals surface area contributed by atoms with Gasteiger partial charge in [0.1, 0.15) is 0 Å². The Kier molecular flexibility index (Phi) is 4.15. The number of hydrogen-bond donors (Lipinski definition) is 2. The fraction of sp³-hybridized carbons (Fsp3) is 0. The summed E-state index contributed by atoms with van der Waals surface area (Å²) in [5.41, 5.74) is 0.893. The highest BCUT2D eigenvalue weighted by Crippen LogP contribution is 2.18. The van der Waals surface area contributed by atoms with E-state index in [1.165, 1.54) is 6.26 Å². The molecule has 2 aromatic heterocycles. The number of nitrogens with zero attached hydrogens (tertiary/aromatic N) is 2. The van der Waals surface area contributed by atoms with Crippen molar-refractivity contribution in [1.82, 2.24) is 10.2 Å². The monoisotopic (exact) mass is 358 g/mol. The third-order valence-electron chi connectivity index (χ3n) is 2.77. The average Bonchev–Trinajstić information content (AvgIpc) is 3.06. The van der Waals surface area contributed by atoms with E-state index in [0.29, 0.717) is 11.6 Å². The van der Waals surface area contributed by atoms with Crippen LogP contribution in [0, 0.1) is 0 Å². The summed E-state index contributed by atoms with van der Waals surface area (Å²) >= 11 is 3.38. The smallest absolute Gasteiger partial charge is 0.292 e. The van der Waals surface area contributed by atoms with Crippen LogP contribution in [0.2, 0.25) is 0 Å². The molecular formula is C15H11BrN4O2. The van der Waals surface area contributed by atoms with Gasteiger partial charge in [0.05, 0.1) is 6.26 Å². The number of rotatable bonds is 4. The van der Waals surface area contributed by atoms with Crippen LogP contribution in [0.5, 0.6) is 0 Å². The minimum atomic E-state index is -0.368. The van der Waals surface area contributed by atoms with Gasteiger partial charge in [-0.1, -0.05) is 15.9 Å². The van der Waals surface area contributed by atoms with E-state index in [1.807, 2.05) is 24.3 Å². The Hall–Kier alpha value is -2.67. The van der Waals surface area contributed by atoms with Gasteiger partial charge in [0.25, 0.3) is 5.91 Å². The second kappa shape index (κ2) is 6.40. The van der Waals surface area contributed by atoms with E-state index >= 15 is 0 Å². The number of carbonyl (C=O) groups is 1. The maximum Gasteiger partial charge on any atom is 0.292 e. The van der Waals surface area contributed by atoms with E-state index < -0.39 is 0 Å². The topological polar surface area (TPSA) is 80.0 Å². The van der Waals surface area contributed by atoms with Gasteiger partial charge in [0.2, 0.25) is 0 Å². The highest BCUT2D eigenvalue weighted by molar-refractivity contribution is 9.10. The number of amides is 1. The molecule has 3 aromatic rings. The second-order valence-corrected chi connectivity index (χ2v) is 5.28. The van der Waals surface area contributed by atoms with E-state index in [9.17, 15) is 4.79 Å². The molecule has 0 fully saturated rings. The Bertz CT molecular complexity index is 755. The summed E-state index contributed by atoms with van der Waals surface area (Å²) in [6.07, 6.45) is 1.44. The van der Waals surface area contributed by atoms with Crippen molar-refractivity contribution in [3.63, 3.8) is 0 Å². The van der Waals surface area contributed by atoms with Gasteiger partial charge >= 0.3 is 0 Å². The van der Waals surface area contributed by atoms with Crippen molar-refractivity contribution in [2.45, 2.75) is 0 Å². The predicted molar refractivity (Wildman–Crippen MR) is 86.1 cm³/mol. The van der Waals surface area contributed by atoms with E-state index in [-0.39, 0.29) is 11.7 Å². The number of anilines is 3. The van der Waals surface area contributed by atoms with Crippen LogP contribution in [0.4, 0.5) is 17.3 Å². The normalized spacial score (nSPS) is 10.2. The number of hydrogen-bond acceptors (Lipinski definition) is 5. The second-order valence-electron chi connectivity index (χ2n) is 4.37. The quantitative estimate of drug-likeness (QED) is 0.740. The highest BCUT2D eigenvalue weighted by Gasteiger charge is 2.09. The fourth-order valence-corrected chi connectivity index (χ4v) is 2.00. The van der Waals surface area contributed by atoms with E-state index in [4.69, 9.17) is 4.42 Å². The molecule has 0 aliphatic carbocycles. The molecule has 0 saturated carbocycles. The molecule has 0 radical (unpaired) electrons. The summed E-state index contributed by atoms with van der Waals surface area (Å²) in [6, 6.07) is 14.3. The average molecular weight is 359 g/mol. The van der Waals surface area contributed by atoms with E-state index in [1.54, 1.807) is 24.3 Å². The van der Waals surface area contributed by atoms with Gasteiger partial charge in [0.15, 0.2) is 17.4 Å². The molecule has 1 amide bonds. The van der Waals surface area contributed by atoms with Crippen LogP contribution < -0.4 is 10.6 Å². The number of benzene rings is 1. The van der Waals surface area contributed by atoms with Crippen molar-refractivity contribution in [3.05, 3.63) is 65.0 Å². The Morgan fingerprint density at radius 3 is 2.36 bits per heavy atom. The van der Waals surface area contributed by atoms with Crippen molar-refractivity contribution < 1.29 is 9.21 Å². The Labute approximate surface area is 134 Å². The van der Waals surface area contributed by atoms with Crippen LogP contribution >= 0.6 is 15.9 Å². The summed E-state index contributed by atoms with van der Waals surface area (Å²) in [4.78, 5) is 11.8. The van der Waals surface area contributed by atoms with E-state index in [2.05, 4.69) is 36.8 Å². The molecular weight excluding hydrogens is 348 g/mol. The summed E-state index contributed by atoms with van der Waals surface area (Å²) in [5, 5.41) is 13.7. The zero-order valence-electron chi connectivity index (χ0n) is 11.3. The molecule has 110 valence electrons. The minimum absolute atomic E-state index is 0.221. The first-order chi connectivity index (χ1) is 10.7. The zero-order valence-corrected chi connectivity index (χ0v) is 12.9. The lowest BCUT2D eigenvalue weighted by atomic mass is 10.3. The van der Waals surface area contributed by atoms with Crippen molar-refractivity contribution in [2.75, 3.05) is 10.6 Å². The number of nitrogens with one attached hydrogen (secondary N) is 2. The van der Waals surface area contributed by atoms with Gasteiger partial charge in [-0.2, -0.15) is 0 Å². The first-order valence-corrected chi connectivity index (χ1v) is 7.21. The number of carbonyl (C=O) groups excluding carboxylic acids is 1. The molecule has 3 rings (SSSR count). The predicted octanol–water partition coefficient (Wildman–Crippen LogP) is 3.83. The standard InChI is InChI=1S/C15H11BrN4O2/c16-10-3-5-11(6-4-10)17-13-7-8-14(20-19-13)18-15(21)12-2-1-9-22-12/h1-9H,(H,17,19)(H,18,20,21). The van der Waals surface area contributed by atoms with Gasteiger partial charge in [-0.15, -0.1) is 10.2 Å². The van der Waals surface area contributed by atoms with Crippen LogP contribution in [0.3, 0.4) is 0 Å². The van der Waals surface area contributed by atoms with Gasteiger partial charge in [0, 0.05) is 10.2 Å². The van der Waals surface area contributed by atoms with Crippen molar-refractivity contribution in [3.8, 4) is 0 Å². The van der Waals surface area contributed by atoms with Gasteiger partial charge in [-0.3, -0.25) is 4.79 Å². The molecule has 1 aromatic carbocycles. The summed E-state index contributed by atoms with van der Waals surface area (Å²) in [5.74, 6) is 0.785. The van der Waals surface area contributed by atoms with Crippen molar-refractivity contribution >= 4 is 39.2 Å². The molecule has 7 heteroatoms. The van der Waals surface area contributed by atoms with E-state index in [0.717, 1.165) is 10.2 Å². The molecule has 0 spiro atoms. The number of furan rings is 1. The van der Waals surface area contributed by atoms with Gasteiger partial charge in [-0.05, 0) is 48.5 Å². The lowest BCUT2D eigenvalue weighted by Crippen LogP contribution is -2.12. The largest absolute Gasteiger partial charge is 0.459 e. The maximum absolute atomic E-state index is 11.8. The maximum atomic E-state index is 11.8. The van der Waals surface area contributed by atoms with Gasteiger partial charge in [-0.25, -0.2) is 0 Å². The molecule has 2 heterocycles. The molecule has 0 unspecified atom stereocenters. The van der Waals surface area contributed by atoms with Crippen LogP contribution in [0.1, 0.15) is 10.6 Å². The Balaban J connectivity index is 1.65. The lowest BCUT2D eigenvalue weighted by molar-refractivity contribution is 0.0996. The fourth-order valence-electron chi connectivity index (χ4n) is 1.73. The third kappa shape index (κ3) is 3.50. The Morgan fingerprint density at radius 1 is 1.00 bits per heavy atom. The first kappa shape index (κ1) is 14.3. The molecule has 22 heavy (non-hydrogen) atoms. The molecule has 2 N–H and O–H groups in total. The molecule has 0 saturated heterocycles. The summed E-state index contributed by atoms with van der Waals surface area (Å²) < 4.78 is 6.00. The first-order valence-electron chi connectivity index (χ1n) is 6.42.